The molecule has 0 fully saturated rings. The number of hydrogen-bond acceptors (Lipinski definition) is 10. The van der Waals surface area contributed by atoms with Gasteiger partial charge in [-0.1, -0.05) is 44.1 Å². The number of ketones is 1. The number of Topliss-reactive ketones (excluding diaryl/α,β-unsaturated/α-hetero) is 1. The number of benzene rings is 1. The van der Waals surface area contributed by atoms with Crippen molar-refractivity contribution in [3.05, 3.63) is 29.8 Å². The molecule has 14 nitrogen and oxygen atoms in total. The summed E-state index contributed by atoms with van der Waals surface area (Å²) in [4.78, 5) is 60.5. The number of anilines is 1. The van der Waals surface area contributed by atoms with E-state index in [9.17, 15) is 39.6 Å². The molecule has 1 aromatic carbocycles. The Morgan fingerprint density at radius 2 is 1.13 bits per heavy atom. The fourth-order valence-corrected chi connectivity index (χ4v) is 5.46. The number of nitrogens with one attached hydrogen (secondary N) is 3. The maximum atomic E-state index is 12.2. The lowest BCUT2D eigenvalue weighted by molar-refractivity contribution is -0.166. The molecule has 0 spiro atoms. The van der Waals surface area contributed by atoms with Gasteiger partial charge in [-0.15, -0.1) is 0 Å². The highest BCUT2D eigenvalue weighted by Crippen LogP contribution is 2.12. The number of hydrogen-bond donors (Lipinski definition) is 6. The van der Waals surface area contributed by atoms with Gasteiger partial charge in [-0.05, 0) is 92.6 Å². The predicted molar refractivity (Wildman–Crippen MR) is 211 cm³/mol. The Bertz CT molecular complexity index is 1300. The molecule has 0 saturated heterocycles. The van der Waals surface area contributed by atoms with E-state index < -0.39 is 17.7 Å². The summed E-state index contributed by atoms with van der Waals surface area (Å²) in [7, 11) is 0. The molecule has 0 radical (unpaired) electrons. The SMILES string of the molecule is CCC(=S)Cc1ccc(NC(=S)NCCCCCN(O)C(=O)CCC(=O)NCCCCCN(O)C(=O)CCC(=O)CCCCCCN(O)C(C)=O)cc1. The van der Waals surface area contributed by atoms with E-state index in [2.05, 4.69) is 22.9 Å². The van der Waals surface area contributed by atoms with Gasteiger partial charge in [0.25, 0.3) is 0 Å². The Morgan fingerprint density at radius 1 is 0.623 bits per heavy atom. The molecule has 1 rings (SSSR count). The first-order chi connectivity index (χ1) is 25.3. The van der Waals surface area contributed by atoms with Crippen molar-refractivity contribution in [3.8, 4) is 0 Å². The number of rotatable bonds is 29. The Morgan fingerprint density at radius 3 is 1.70 bits per heavy atom. The monoisotopic (exact) mass is 780 g/mol. The summed E-state index contributed by atoms with van der Waals surface area (Å²) in [5, 5.41) is 40.8. The third kappa shape index (κ3) is 24.4. The maximum Gasteiger partial charge on any atom is 0.246 e. The topological polar surface area (TPSA) is 192 Å². The first-order valence-electron chi connectivity index (χ1n) is 18.7. The molecule has 0 aliphatic rings. The highest BCUT2D eigenvalue weighted by atomic mass is 32.1. The molecule has 0 heterocycles. The van der Waals surface area contributed by atoms with Crippen molar-refractivity contribution in [2.45, 2.75) is 123 Å². The Kier molecular flexibility index (Phi) is 25.8. The largest absolute Gasteiger partial charge is 0.362 e. The van der Waals surface area contributed by atoms with Crippen molar-refractivity contribution in [2.24, 2.45) is 0 Å². The third-order valence-electron chi connectivity index (χ3n) is 8.41. The number of unbranched alkanes of at least 4 members (excludes halogenated alkanes) is 7. The van der Waals surface area contributed by atoms with E-state index in [0.717, 1.165) is 49.1 Å². The van der Waals surface area contributed by atoms with Crippen LogP contribution in [-0.2, 0) is 30.4 Å². The highest BCUT2D eigenvalue weighted by molar-refractivity contribution is 7.80. The van der Waals surface area contributed by atoms with Gasteiger partial charge in [0, 0.05) is 83.9 Å². The van der Waals surface area contributed by atoms with E-state index in [1.807, 2.05) is 24.3 Å². The number of hydroxylamine groups is 6. The Hall–Kier alpha value is -3.57. The zero-order chi connectivity index (χ0) is 39.4. The van der Waals surface area contributed by atoms with E-state index in [-0.39, 0.29) is 57.0 Å². The molecule has 6 N–H and O–H groups in total. The van der Waals surface area contributed by atoms with E-state index in [4.69, 9.17) is 24.4 Å². The number of carbonyl (C=O) groups excluding carboxylic acids is 5. The minimum Gasteiger partial charge on any atom is -0.362 e. The van der Waals surface area contributed by atoms with Gasteiger partial charge in [0.1, 0.15) is 5.78 Å². The van der Waals surface area contributed by atoms with Gasteiger partial charge in [-0.2, -0.15) is 0 Å². The predicted octanol–water partition coefficient (Wildman–Crippen LogP) is 5.51. The van der Waals surface area contributed by atoms with E-state index >= 15 is 0 Å². The summed E-state index contributed by atoms with van der Waals surface area (Å²) in [5.41, 5.74) is 2.06. The van der Waals surface area contributed by atoms with Crippen molar-refractivity contribution in [2.75, 3.05) is 38.0 Å². The molecule has 4 amide bonds. The summed E-state index contributed by atoms with van der Waals surface area (Å²) in [6.45, 7) is 4.92. The second kappa shape index (κ2) is 28.9. The van der Waals surface area contributed by atoms with Crippen LogP contribution in [0.1, 0.15) is 122 Å². The second-order valence-corrected chi connectivity index (χ2v) is 14.0. The smallest absolute Gasteiger partial charge is 0.246 e. The van der Waals surface area contributed by atoms with E-state index in [1.165, 1.54) is 12.5 Å². The molecule has 0 unspecified atom stereocenters. The van der Waals surface area contributed by atoms with Gasteiger partial charge in [-0.3, -0.25) is 39.6 Å². The molecule has 0 aromatic heterocycles. The number of thiocarbonyl (C=S) groups is 2. The lowest BCUT2D eigenvalue weighted by atomic mass is 10.1. The molecule has 0 aliphatic carbocycles. The zero-order valence-corrected chi connectivity index (χ0v) is 33.0. The first kappa shape index (κ1) is 47.5. The van der Waals surface area contributed by atoms with Gasteiger partial charge in [0.2, 0.25) is 23.6 Å². The molecule has 0 saturated carbocycles. The standard InChI is InChI=1S/C37H60N6O8S2/c1-3-33(52)28-30-15-17-31(18-16-30)40-37(53)39-24-10-7-13-27-43(51)36(48)22-20-34(46)38-23-9-6-12-26-42(50)35(47)21-19-32(45)14-8-4-5-11-25-41(49)29(2)44/h15-18,49-51H,3-14,19-28H2,1-2H3,(H,38,46)(H2,39,40,53). The number of carbonyl (C=O) groups is 5. The zero-order valence-electron chi connectivity index (χ0n) is 31.4. The fraction of sp³-hybridized carbons (Fsp3) is 0.649. The van der Waals surface area contributed by atoms with Crippen LogP contribution in [0.15, 0.2) is 24.3 Å². The van der Waals surface area contributed by atoms with Crippen LogP contribution in [0.4, 0.5) is 5.69 Å². The molecular formula is C37H60N6O8S2. The minimum atomic E-state index is -0.516. The molecule has 1 aromatic rings. The van der Waals surface area contributed by atoms with Crippen LogP contribution in [0, 0.1) is 0 Å². The summed E-state index contributed by atoms with van der Waals surface area (Å²) >= 11 is 10.7. The van der Waals surface area contributed by atoms with E-state index in [1.54, 1.807) is 0 Å². The van der Waals surface area contributed by atoms with Gasteiger partial charge < -0.3 is 16.0 Å². The molecule has 53 heavy (non-hydrogen) atoms. The Labute approximate surface area is 324 Å². The van der Waals surface area contributed by atoms with Crippen molar-refractivity contribution in [3.63, 3.8) is 0 Å². The van der Waals surface area contributed by atoms with Crippen LogP contribution in [0.5, 0.6) is 0 Å². The molecule has 0 atom stereocenters. The van der Waals surface area contributed by atoms with Crippen LogP contribution in [0.2, 0.25) is 0 Å². The first-order valence-corrected chi connectivity index (χ1v) is 19.5. The fourth-order valence-electron chi connectivity index (χ4n) is 5.07. The quantitative estimate of drug-likeness (QED) is 0.0259. The third-order valence-corrected chi connectivity index (χ3v) is 9.09. The number of amides is 4. The van der Waals surface area contributed by atoms with Crippen LogP contribution in [-0.4, -0.2) is 103 Å². The molecule has 298 valence electrons. The minimum absolute atomic E-state index is 0.0413. The van der Waals surface area contributed by atoms with Gasteiger partial charge in [0.15, 0.2) is 5.11 Å². The summed E-state index contributed by atoms with van der Waals surface area (Å²) in [5.74, 6) is -1.79. The number of nitrogens with zero attached hydrogens (tertiary/aromatic N) is 3. The molecule has 16 heteroatoms. The van der Waals surface area contributed by atoms with Crippen LogP contribution >= 0.6 is 24.4 Å². The van der Waals surface area contributed by atoms with E-state index in [0.29, 0.717) is 78.3 Å². The lowest BCUT2D eigenvalue weighted by Crippen LogP contribution is -2.31. The normalized spacial score (nSPS) is 10.7. The van der Waals surface area contributed by atoms with Crippen molar-refractivity contribution in [1.29, 1.82) is 0 Å². The summed E-state index contributed by atoms with van der Waals surface area (Å²) in [6.07, 6.45) is 8.68. The van der Waals surface area contributed by atoms with Crippen molar-refractivity contribution in [1.82, 2.24) is 25.8 Å². The van der Waals surface area contributed by atoms with Gasteiger partial charge in [0.05, 0.1) is 0 Å². The highest BCUT2D eigenvalue weighted by Gasteiger charge is 2.14. The Balaban J connectivity index is 2.02. The summed E-state index contributed by atoms with van der Waals surface area (Å²) in [6, 6.07) is 7.99. The summed E-state index contributed by atoms with van der Waals surface area (Å²) < 4.78 is 0. The second-order valence-electron chi connectivity index (χ2n) is 13.0. The average molecular weight is 781 g/mol. The van der Waals surface area contributed by atoms with Crippen molar-refractivity contribution < 1.29 is 39.6 Å². The van der Waals surface area contributed by atoms with Crippen molar-refractivity contribution >= 4 is 69.5 Å². The van der Waals surface area contributed by atoms with Crippen LogP contribution < -0.4 is 16.0 Å². The lowest BCUT2D eigenvalue weighted by Gasteiger charge is -2.15. The average Bonchev–Trinajstić information content (AvgIpc) is 3.13. The van der Waals surface area contributed by atoms with Gasteiger partial charge >= 0.3 is 0 Å². The molecule has 0 aliphatic heterocycles. The van der Waals surface area contributed by atoms with Gasteiger partial charge in [-0.25, -0.2) is 15.2 Å². The van der Waals surface area contributed by atoms with Crippen LogP contribution in [0.3, 0.4) is 0 Å². The molecular weight excluding hydrogens is 721 g/mol. The maximum absolute atomic E-state index is 12.2. The van der Waals surface area contributed by atoms with Crippen LogP contribution in [0.25, 0.3) is 0 Å². The molecule has 0 bridgehead atoms.